The van der Waals surface area contributed by atoms with Gasteiger partial charge in [0.15, 0.2) is 0 Å². The van der Waals surface area contributed by atoms with E-state index >= 15 is 0 Å². The smallest absolute Gasteiger partial charge is 0.744 e. The molecule has 0 saturated carbocycles. The molecule has 0 aliphatic heterocycles. The zero-order valence-electron chi connectivity index (χ0n) is 9.41. The number of hydrogen-bond acceptors (Lipinski definition) is 4. The number of rotatable bonds is 2. The molecule has 0 atom stereocenters. The summed E-state index contributed by atoms with van der Waals surface area (Å²) in [6.07, 6.45) is 2.45. The summed E-state index contributed by atoms with van der Waals surface area (Å²) in [4.78, 5) is 0. The minimum Gasteiger partial charge on any atom is -0.744 e. The minimum atomic E-state index is -4.25. The zero-order valence-corrected chi connectivity index (χ0v) is 13.3. The molecule has 0 aliphatic rings. The molecule has 0 fully saturated rings. The number of nitriles is 1. The van der Waals surface area contributed by atoms with E-state index in [1.165, 1.54) is 12.2 Å². The largest absolute Gasteiger partial charge is 1.00 e. The summed E-state index contributed by atoms with van der Waals surface area (Å²) >= 11 is 0. The number of allylic oxidation sites excluding steroid dienone is 1. The summed E-state index contributed by atoms with van der Waals surface area (Å²) in [6.45, 7) is 3.12. The first-order valence-electron chi connectivity index (χ1n) is 4.19. The van der Waals surface area contributed by atoms with Crippen molar-refractivity contribution in [2.45, 2.75) is 0 Å². The van der Waals surface area contributed by atoms with E-state index in [9.17, 15) is 13.0 Å². The van der Waals surface area contributed by atoms with E-state index in [0.29, 0.717) is 11.0 Å². The number of nitrogens with zero attached hydrogens (tertiary/aromatic N) is 1. The third-order valence-corrected chi connectivity index (χ3v) is 1.79. The first-order valence-corrected chi connectivity index (χ1v) is 5.66. The van der Waals surface area contributed by atoms with E-state index in [1.807, 2.05) is 6.07 Å². The Labute approximate surface area is 144 Å². The summed E-state index contributed by atoms with van der Waals surface area (Å²) in [7, 11) is -4.25. The molecule has 0 bridgehead atoms. The van der Waals surface area contributed by atoms with E-state index in [0.717, 1.165) is 0 Å². The molecular formula is C11H10KNO3S. The molecule has 0 saturated heterocycles. The SMILES string of the molecule is C=CC#N.O=S(=O)([O-])C=Cc1ccccc1.[K+]. The average molecular weight is 275 g/mol. The van der Waals surface area contributed by atoms with Gasteiger partial charge in [0.1, 0.15) is 10.1 Å². The Kier molecular flexibility index (Phi) is 12.2. The van der Waals surface area contributed by atoms with Crippen LogP contribution in [0.3, 0.4) is 0 Å². The fourth-order valence-electron chi connectivity index (χ4n) is 0.726. The van der Waals surface area contributed by atoms with Crippen molar-refractivity contribution in [3.05, 3.63) is 54.0 Å². The van der Waals surface area contributed by atoms with Crippen LogP contribution in [0.25, 0.3) is 6.08 Å². The van der Waals surface area contributed by atoms with Crippen LogP contribution in [0.4, 0.5) is 0 Å². The molecule has 0 heterocycles. The van der Waals surface area contributed by atoms with Gasteiger partial charge in [0.25, 0.3) is 0 Å². The zero-order chi connectivity index (χ0) is 12.4. The fraction of sp³-hybridized carbons (Fsp3) is 0. The topological polar surface area (TPSA) is 81.0 Å². The van der Waals surface area contributed by atoms with Crippen molar-refractivity contribution in [1.82, 2.24) is 0 Å². The molecule has 17 heavy (non-hydrogen) atoms. The van der Waals surface area contributed by atoms with Gasteiger partial charge >= 0.3 is 51.4 Å². The summed E-state index contributed by atoms with van der Waals surface area (Å²) in [5.41, 5.74) is 0.692. The molecule has 84 valence electrons. The van der Waals surface area contributed by atoms with E-state index < -0.39 is 10.1 Å². The molecule has 0 spiro atoms. The van der Waals surface area contributed by atoms with Crippen molar-refractivity contribution in [2.75, 3.05) is 0 Å². The Morgan fingerprint density at radius 1 is 1.29 bits per heavy atom. The second-order valence-corrected chi connectivity index (χ2v) is 3.80. The fourth-order valence-corrected chi connectivity index (χ4v) is 1.05. The van der Waals surface area contributed by atoms with E-state index in [2.05, 4.69) is 6.58 Å². The summed E-state index contributed by atoms with van der Waals surface area (Å²) < 4.78 is 30.5. The van der Waals surface area contributed by atoms with Crippen LogP contribution in [0.1, 0.15) is 5.56 Å². The minimum absolute atomic E-state index is 0. The molecule has 0 radical (unpaired) electrons. The van der Waals surface area contributed by atoms with Crippen molar-refractivity contribution in [2.24, 2.45) is 0 Å². The molecule has 4 nitrogen and oxygen atoms in total. The number of benzene rings is 1. The molecular weight excluding hydrogens is 265 g/mol. The van der Waals surface area contributed by atoms with Crippen LogP contribution in [-0.4, -0.2) is 13.0 Å². The van der Waals surface area contributed by atoms with Gasteiger partial charge in [-0.05, 0) is 11.6 Å². The standard InChI is InChI=1S/C8H8O3S.C3H3N.K/c9-12(10,11)7-6-8-4-2-1-3-5-8;1-2-3-4;/h1-7H,(H,9,10,11);2H,1H2;/q;;+1/p-1. The predicted octanol–water partition coefficient (Wildman–Crippen LogP) is -1.10. The Morgan fingerprint density at radius 3 is 2.12 bits per heavy atom. The normalized spacial score (nSPS) is 9.41. The van der Waals surface area contributed by atoms with E-state index in [4.69, 9.17) is 5.26 Å². The molecule has 0 N–H and O–H groups in total. The maximum absolute atomic E-state index is 10.2. The first kappa shape index (κ1) is 19.1. The van der Waals surface area contributed by atoms with Crippen LogP contribution >= 0.6 is 0 Å². The van der Waals surface area contributed by atoms with Crippen molar-refractivity contribution in [3.63, 3.8) is 0 Å². The van der Waals surface area contributed by atoms with Gasteiger partial charge in [-0.15, -0.1) is 0 Å². The first-order chi connectivity index (χ1) is 7.49. The maximum Gasteiger partial charge on any atom is 1.00 e. The van der Waals surface area contributed by atoms with Gasteiger partial charge in [0, 0.05) is 11.5 Å². The van der Waals surface area contributed by atoms with Gasteiger partial charge < -0.3 is 4.55 Å². The van der Waals surface area contributed by atoms with Crippen LogP contribution in [0.5, 0.6) is 0 Å². The van der Waals surface area contributed by atoms with Gasteiger partial charge in [0.2, 0.25) is 0 Å². The third-order valence-electron chi connectivity index (χ3n) is 1.32. The maximum atomic E-state index is 10.2. The molecule has 0 aliphatic carbocycles. The van der Waals surface area contributed by atoms with Crippen molar-refractivity contribution in [1.29, 1.82) is 5.26 Å². The van der Waals surface area contributed by atoms with Crippen molar-refractivity contribution >= 4 is 16.2 Å². The summed E-state index contributed by atoms with van der Waals surface area (Å²) in [5, 5.41) is 8.15. The van der Waals surface area contributed by atoms with Crippen LogP contribution < -0.4 is 51.4 Å². The Balaban J connectivity index is 0. The number of hydrogen-bond donors (Lipinski definition) is 0. The predicted molar refractivity (Wildman–Crippen MR) is 61.0 cm³/mol. The molecule has 0 amide bonds. The van der Waals surface area contributed by atoms with E-state index in [1.54, 1.807) is 30.3 Å². The van der Waals surface area contributed by atoms with Gasteiger partial charge in [-0.2, -0.15) is 5.26 Å². The van der Waals surface area contributed by atoms with Gasteiger partial charge in [-0.3, -0.25) is 0 Å². The molecule has 1 rings (SSSR count). The Morgan fingerprint density at radius 2 is 1.76 bits per heavy atom. The van der Waals surface area contributed by atoms with Crippen molar-refractivity contribution in [3.8, 4) is 6.07 Å². The third kappa shape index (κ3) is 13.7. The van der Waals surface area contributed by atoms with Crippen LogP contribution in [0.15, 0.2) is 48.4 Å². The molecule has 1 aromatic carbocycles. The van der Waals surface area contributed by atoms with Gasteiger partial charge in [-0.25, -0.2) is 8.42 Å². The summed E-state index contributed by atoms with van der Waals surface area (Å²) in [5.74, 6) is 0. The quantitative estimate of drug-likeness (QED) is 0.390. The van der Waals surface area contributed by atoms with Crippen molar-refractivity contribution < 1.29 is 64.4 Å². The van der Waals surface area contributed by atoms with E-state index in [-0.39, 0.29) is 51.4 Å². The van der Waals surface area contributed by atoms with Gasteiger partial charge in [0.05, 0.1) is 6.07 Å². The van der Waals surface area contributed by atoms with Crippen LogP contribution in [0.2, 0.25) is 0 Å². The monoisotopic (exact) mass is 275 g/mol. The second kappa shape index (κ2) is 10.9. The molecule has 0 aromatic heterocycles. The average Bonchev–Trinajstić information content (AvgIpc) is 2.27. The van der Waals surface area contributed by atoms with Gasteiger partial charge in [-0.1, -0.05) is 36.9 Å². The van der Waals surface area contributed by atoms with Crippen LogP contribution in [0, 0.1) is 11.3 Å². The molecule has 6 heteroatoms. The Bertz CT molecular complexity index is 489. The van der Waals surface area contributed by atoms with Crippen LogP contribution in [-0.2, 0) is 10.1 Å². The molecule has 0 unspecified atom stereocenters. The summed E-state index contributed by atoms with van der Waals surface area (Å²) in [6, 6.07) is 10.4. The molecule has 1 aromatic rings. The Hall–Kier alpha value is -0.264. The second-order valence-electron chi connectivity index (χ2n) is 2.54.